The van der Waals surface area contributed by atoms with E-state index in [0.29, 0.717) is 13.1 Å². The summed E-state index contributed by atoms with van der Waals surface area (Å²) in [5.74, 6) is 0.509. The van der Waals surface area contributed by atoms with Crippen molar-refractivity contribution in [2.45, 2.75) is 38.5 Å². The maximum absolute atomic E-state index is 13.7. The molecule has 0 aliphatic carbocycles. The molecule has 206 valence electrons. The van der Waals surface area contributed by atoms with Gasteiger partial charge in [0, 0.05) is 11.1 Å². The quantitative estimate of drug-likeness (QED) is 0.170. The predicted octanol–water partition coefficient (Wildman–Crippen LogP) is 7.06. The zero-order valence-corrected chi connectivity index (χ0v) is 23.7. The van der Waals surface area contributed by atoms with Crippen LogP contribution in [0.1, 0.15) is 59.2 Å². The molecule has 4 aromatic carbocycles. The highest BCUT2D eigenvalue weighted by atomic mass is 16.1. The summed E-state index contributed by atoms with van der Waals surface area (Å²) >= 11 is 0. The lowest BCUT2D eigenvalue weighted by Gasteiger charge is -2.46. The number of Topliss-reactive ketones (excluding diaryl/α,β-unsaturated/α-hetero) is 2. The Morgan fingerprint density at radius 2 is 0.850 bits per heavy atom. The summed E-state index contributed by atoms with van der Waals surface area (Å²) < 4.78 is 1.74. The normalized spacial score (nSPS) is 18.5. The number of likely N-dealkylation sites (tertiary alicyclic amines) is 2. The van der Waals surface area contributed by atoms with Gasteiger partial charge in [0.05, 0.1) is 26.2 Å². The van der Waals surface area contributed by atoms with Gasteiger partial charge in [-0.2, -0.15) is 0 Å². The van der Waals surface area contributed by atoms with Gasteiger partial charge in [0.2, 0.25) is 11.6 Å². The number of nitrogens with zero attached hydrogens (tertiary/aromatic N) is 2. The van der Waals surface area contributed by atoms with Crippen molar-refractivity contribution in [2.24, 2.45) is 0 Å². The van der Waals surface area contributed by atoms with Crippen LogP contribution < -0.4 is 0 Å². The molecule has 6 rings (SSSR count). The average Bonchev–Trinajstić information content (AvgIpc) is 3.00. The van der Waals surface area contributed by atoms with E-state index in [1.807, 2.05) is 36.4 Å². The Balaban J connectivity index is 1.20. The van der Waals surface area contributed by atoms with Gasteiger partial charge in [0.15, 0.2) is 0 Å². The lowest BCUT2D eigenvalue weighted by molar-refractivity contribution is -0.977. The predicted molar refractivity (Wildman–Crippen MR) is 164 cm³/mol. The molecule has 0 atom stereocenters. The van der Waals surface area contributed by atoms with Crippen LogP contribution in [0.4, 0.5) is 0 Å². The van der Waals surface area contributed by atoms with Gasteiger partial charge in [-0.25, -0.2) is 0 Å². The molecule has 2 aliphatic rings. The minimum Gasteiger partial charge on any atom is -0.312 e. The van der Waals surface area contributed by atoms with Crippen LogP contribution >= 0.6 is 0 Å². The molecule has 4 aromatic rings. The van der Waals surface area contributed by atoms with E-state index in [-0.39, 0.29) is 11.6 Å². The van der Waals surface area contributed by atoms with Crippen LogP contribution in [0.3, 0.4) is 0 Å². The monoisotopic (exact) mass is 534 g/mol. The molecule has 40 heavy (non-hydrogen) atoms. The smallest absolute Gasteiger partial charge is 0.216 e. The van der Waals surface area contributed by atoms with Gasteiger partial charge in [0.1, 0.15) is 26.2 Å². The lowest BCUT2D eigenvalue weighted by atomic mass is 10.00. The maximum Gasteiger partial charge on any atom is 0.216 e. The van der Waals surface area contributed by atoms with Gasteiger partial charge in [-0.1, -0.05) is 72.8 Å². The number of fused-ring (bicyclic) bond motifs is 2. The van der Waals surface area contributed by atoms with Crippen molar-refractivity contribution >= 4 is 33.1 Å². The Hall–Kier alpha value is -3.34. The van der Waals surface area contributed by atoms with Crippen LogP contribution in [-0.2, 0) is 0 Å². The van der Waals surface area contributed by atoms with E-state index in [2.05, 4.69) is 48.5 Å². The summed E-state index contributed by atoms with van der Waals surface area (Å²) in [6.07, 6.45) is 7.24. The minimum absolute atomic E-state index is 0.255. The van der Waals surface area contributed by atoms with Gasteiger partial charge < -0.3 is 8.97 Å². The number of piperidine rings is 2. The van der Waals surface area contributed by atoms with Gasteiger partial charge in [0.25, 0.3) is 0 Å². The topological polar surface area (TPSA) is 34.1 Å². The van der Waals surface area contributed by atoms with Crippen molar-refractivity contribution in [2.75, 3.05) is 52.4 Å². The SMILES string of the molecule is O=C(C[N+]1(CC[N+]2(CC(=O)c3ccc4ccccc4c3)CCCCC2)CCCCC1)c1ccc2ccccc2c1. The van der Waals surface area contributed by atoms with Crippen LogP contribution in [0, 0.1) is 0 Å². The highest BCUT2D eigenvalue weighted by Gasteiger charge is 2.39. The van der Waals surface area contributed by atoms with E-state index < -0.39 is 0 Å². The lowest BCUT2D eigenvalue weighted by Crippen LogP contribution is -2.62. The van der Waals surface area contributed by atoms with Crippen molar-refractivity contribution < 1.29 is 18.6 Å². The van der Waals surface area contributed by atoms with E-state index >= 15 is 0 Å². The molecule has 0 unspecified atom stereocenters. The number of hydrogen-bond acceptors (Lipinski definition) is 2. The van der Waals surface area contributed by atoms with Crippen molar-refractivity contribution in [1.82, 2.24) is 0 Å². The molecule has 4 heteroatoms. The highest BCUT2D eigenvalue weighted by Crippen LogP contribution is 2.26. The third-order valence-electron chi connectivity index (χ3n) is 9.68. The van der Waals surface area contributed by atoms with Crippen molar-refractivity contribution in [3.8, 4) is 0 Å². The molecule has 2 fully saturated rings. The first-order valence-electron chi connectivity index (χ1n) is 15.3. The molecule has 2 heterocycles. The van der Waals surface area contributed by atoms with Crippen LogP contribution in [-0.4, -0.2) is 72.9 Å². The van der Waals surface area contributed by atoms with E-state index in [4.69, 9.17) is 0 Å². The number of hydrogen-bond donors (Lipinski definition) is 0. The molecule has 2 saturated heterocycles. The molecular formula is C36H42N2O2+2. The minimum atomic E-state index is 0.255. The van der Waals surface area contributed by atoms with Gasteiger partial charge in [-0.05, 0) is 72.2 Å². The van der Waals surface area contributed by atoms with Gasteiger partial charge in [-0.3, -0.25) is 9.59 Å². The van der Waals surface area contributed by atoms with Gasteiger partial charge >= 0.3 is 0 Å². The Kier molecular flexibility index (Phi) is 7.82. The number of rotatable bonds is 9. The van der Waals surface area contributed by atoms with Crippen molar-refractivity contribution in [3.05, 3.63) is 96.1 Å². The largest absolute Gasteiger partial charge is 0.312 e. The number of ketones is 2. The molecule has 0 N–H and O–H groups in total. The summed E-state index contributed by atoms with van der Waals surface area (Å²) in [6, 6.07) is 28.9. The molecule has 0 radical (unpaired) electrons. The molecule has 2 aliphatic heterocycles. The second-order valence-electron chi connectivity index (χ2n) is 12.4. The molecule has 0 aromatic heterocycles. The van der Waals surface area contributed by atoms with E-state index in [9.17, 15) is 9.59 Å². The summed E-state index contributed by atoms with van der Waals surface area (Å²) in [6.45, 7) is 7.36. The Morgan fingerprint density at radius 3 is 1.25 bits per heavy atom. The first-order valence-corrected chi connectivity index (χ1v) is 15.3. The van der Waals surface area contributed by atoms with Crippen LogP contribution in [0.15, 0.2) is 84.9 Å². The van der Waals surface area contributed by atoms with Crippen LogP contribution in [0.25, 0.3) is 21.5 Å². The van der Waals surface area contributed by atoms with Crippen LogP contribution in [0.5, 0.6) is 0 Å². The van der Waals surface area contributed by atoms with E-state index in [1.165, 1.54) is 49.3 Å². The van der Waals surface area contributed by atoms with Crippen molar-refractivity contribution in [3.63, 3.8) is 0 Å². The second-order valence-corrected chi connectivity index (χ2v) is 12.4. The number of benzene rings is 4. The Bertz CT molecular complexity index is 1400. The molecule has 0 amide bonds. The zero-order valence-electron chi connectivity index (χ0n) is 23.7. The standard InChI is InChI=1S/C36H42N2O2/c39-35(33-17-15-29-11-3-5-13-31(29)25-33)27-37(19-7-1-8-20-37)23-24-38(21-9-2-10-22-38)28-36(40)34-18-16-30-12-4-6-14-32(30)26-34/h3-6,11-18,25-26H,1-2,7-10,19-24,27-28H2/q+2. The van der Waals surface area contributed by atoms with E-state index in [0.717, 1.165) is 70.1 Å². The molecular weight excluding hydrogens is 492 g/mol. The maximum atomic E-state index is 13.7. The van der Waals surface area contributed by atoms with Crippen LogP contribution in [0.2, 0.25) is 0 Å². The zero-order chi connectivity index (χ0) is 27.4. The molecule has 0 bridgehead atoms. The Labute approximate surface area is 238 Å². The average molecular weight is 535 g/mol. The highest BCUT2D eigenvalue weighted by molar-refractivity contribution is 6.01. The first kappa shape index (κ1) is 26.9. The first-order chi connectivity index (χ1) is 19.5. The third-order valence-corrected chi connectivity index (χ3v) is 9.68. The summed E-state index contributed by atoms with van der Waals surface area (Å²) in [4.78, 5) is 27.4. The fourth-order valence-corrected chi connectivity index (χ4v) is 7.23. The molecule has 0 saturated carbocycles. The Morgan fingerprint density at radius 1 is 0.475 bits per heavy atom. The fourth-order valence-electron chi connectivity index (χ4n) is 7.23. The number of carbonyl (C=O) groups is 2. The summed E-state index contributed by atoms with van der Waals surface area (Å²) in [5, 5.41) is 4.61. The molecule has 4 nitrogen and oxygen atoms in total. The third kappa shape index (κ3) is 5.89. The summed E-state index contributed by atoms with van der Waals surface area (Å²) in [5.41, 5.74) is 1.66. The molecule has 0 spiro atoms. The number of quaternary nitrogens is 2. The second kappa shape index (κ2) is 11.6. The number of carbonyl (C=O) groups excluding carboxylic acids is 2. The van der Waals surface area contributed by atoms with Crippen molar-refractivity contribution in [1.29, 1.82) is 0 Å². The van der Waals surface area contributed by atoms with Gasteiger partial charge in [-0.15, -0.1) is 0 Å². The van der Waals surface area contributed by atoms with E-state index in [1.54, 1.807) is 0 Å². The summed E-state index contributed by atoms with van der Waals surface area (Å²) in [7, 11) is 0. The fraction of sp³-hybridized carbons (Fsp3) is 0.389.